The van der Waals surface area contributed by atoms with Crippen molar-refractivity contribution in [3.8, 4) is 5.82 Å². The number of esters is 1. The molecule has 2 aromatic heterocycles. The number of hydrogen-bond donors (Lipinski definition) is 1. The Hall–Kier alpha value is -2.99. The number of sulfone groups is 1. The number of nitrogen functional groups attached to an aromatic ring is 1. The normalized spacial score (nSPS) is 11.5. The van der Waals surface area contributed by atoms with Gasteiger partial charge in [0.1, 0.15) is 0 Å². The number of halogens is 1. The van der Waals surface area contributed by atoms with Crippen molar-refractivity contribution < 1.29 is 22.6 Å². The zero-order valence-corrected chi connectivity index (χ0v) is 15.4. The number of aromatic nitrogens is 5. The number of benzene rings is 1. The molecule has 13 heteroatoms. The van der Waals surface area contributed by atoms with Gasteiger partial charge in [-0.05, 0) is 41.5 Å². The highest BCUT2D eigenvalue weighted by Crippen LogP contribution is 2.23. The minimum absolute atomic E-state index is 0.000656. The Kier molecular flexibility index (Phi) is 5.10. The highest BCUT2D eigenvalue weighted by molar-refractivity contribution is 7.90. The van der Waals surface area contributed by atoms with E-state index >= 15 is 0 Å². The zero-order valence-electron chi connectivity index (χ0n) is 13.9. The molecule has 0 radical (unpaired) electrons. The van der Waals surface area contributed by atoms with Crippen LogP contribution in [-0.2, 0) is 20.3 Å². The molecule has 0 saturated carbocycles. The van der Waals surface area contributed by atoms with E-state index < -0.39 is 21.6 Å². The van der Waals surface area contributed by atoms with Crippen molar-refractivity contribution in [1.29, 1.82) is 0 Å². The fourth-order valence-electron chi connectivity index (χ4n) is 2.20. The second-order valence-electron chi connectivity index (χ2n) is 5.20. The number of nitrogens with zero attached hydrogens (tertiary/aromatic N) is 5. The van der Waals surface area contributed by atoms with Gasteiger partial charge in [-0.1, -0.05) is 16.8 Å². The lowest BCUT2D eigenvalue weighted by atomic mass is 10.3. The Morgan fingerprint density at radius 2 is 2.00 bits per heavy atom. The largest absolute Gasteiger partial charge is 0.461 e. The fraction of sp³-hybridized carbons (Fsp3) is 0.214. The van der Waals surface area contributed by atoms with Gasteiger partial charge >= 0.3 is 5.97 Å². The predicted octanol–water partition coefficient (Wildman–Crippen LogP) is 1.04. The average molecular weight is 413 g/mol. The molecule has 0 aliphatic carbocycles. The molecule has 0 aliphatic heterocycles. The lowest BCUT2D eigenvalue weighted by Gasteiger charge is -2.07. The second-order valence-corrected chi connectivity index (χ2v) is 7.63. The molecule has 0 unspecified atom stereocenters. The standard InChI is InChI=1S/C14H13ClN6O5S/c1-2-25-14(22)11-10(21(20-17-11)13-12(16)18-26-19-13)7-27(23,24)9-5-3-8(15)4-6-9/h3-6H,2,7H2,1H3,(H2,16,18). The summed E-state index contributed by atoms with van der Waals surface area (Å²) >= 11 is 5.80. The van der Waals surface area contributed by atoms with Crippen LogP contribution >= 0.6 is 11.6 Å². The van der Waals surface area contributed by atoms with Gasteiger partial charge in [-0.15, -0.1) is 5.10 Å². The summed E-state index contributed by atoms with van der Waals surface area (Å²) in [6, 6.07) is 5.58. The van der Waals surface area contributed by atoms with Crippen LogP contribution in [0.4, 0.5) is 5.82 Å². The minimum atomic E-state index is -3.88. The molecule has 0 bridgehead atoms. The van der Waals surface area contributed by atoms with Crippen molar-refractivity contribution in [1.82, 2.24) is 25.3 Å². The van der Waals surface area contributed by atoms with E-state index in [0.717, 1.165) is 4.68 Å². The Bertz CT molecular complexity index is 1080. The van der Waals surface area contributed by atoms with Crippen LogP contribution in [0.2, 0.25) is 5.02 Å². The maximum Gasteiger partial charge on any atom is 0.360 e. The first-order valence-corrected chi connectivity index (χ1v) is 9.55. The summed E-state index contributed by atoms with van der Waals surface area (Å²) in [5, 5.41) is 14.8. The number of carbonyl (C=O) groups is 1. The van der Waals surface area contributed by atoms with Crippen molar-refractivity contribution in [3.63, 3.8) is 0 Å². The maximum atomic E-state index is 12.8. The summed E-state index contributed by atoms with van der Waals surface area (Å²) in [4.78, 5) is 12.2. The molecule has 2 N–H and O–H groups in total. The summed E-state index contributed by atoms with van der Waals surface area (Å²) in [7, 11) is -3.88. The minimum Gasteiger partial charge on any atom is -0.461 e. The van der Waals surface area contributed by atoms with Crippen molar-refractivity contribution in [2.24, 2.45) is 0 Å². The van der Waals surface area contributed by atoms with Crippen LogP contribution in [0, 0.1) is 0 Å². The maximum absolute atomic E-state index is 12.8. The molecule has 0 atom stereocenters. The molecule has 0 aliphatic rings. The van der Waals surface area contributed by atoms with Crippen LogP contribution in [0.3, 0.4) is 0 Å². The van der Waals surface area contributed by atoms with E-state index in [1.165, 1.54) is 24.3 Å². The van der Waals surface area contributed by atoms with Gasteiger partial charge in [0, 0.05) is 5.02 Å². The summed E-state index contributed by atoms with van der Waals surface area (Å²) in [6.07, 6.45) is 0. The third-order valence-corrected chi connectivity index (χ3v) is 5.32. The third-order valence-electron chi connectivity index (χ3n) is 3.43. The number of nitrogens with two attached hydrogens (primary N) is 1. The highest BCUT2D eigenvalue weighted by Gasteiger charge is 2.29. The van der Waals surface area contributed by atoms with Crippen LogP contribution in [0.5, 0.6) is 0 Å². The summed E-state index contributed by atoms with van der Waals surface area (Å²) in [5.41, 5.74) is 5.27. The van der Waals surface area contributed by atoms with Crippen LogP contribution in [0.15, 0.2) is 33.8 Å². The Balaban J connectivity index is 2.09. The fourth-order valence-corrected chi connectivity index (χ4v) is 3.66. The SMILES string of the molecule is CCOC(=O)c1nnn(-c2nonc2N)c1CS(=O)(=O)c1ccc(Cl)cc1. The van der Waals surface area contributed by atoms with Gasteiger partial charge in [-0.2, -0.15) is 4.68 Å². The molecule has 0 saturated heterocycles. The number of hydrogen-bond acceptors (Lipinski definition) is 10. The Morgan fingerprint density at radius 1 is 1.30 bits per heavy atom. The van der Waals surface area contributed by atoms with Crippen LogP contribution in [-0.4, -0.2) is 46.3 Å². The molecule has 3 aromatic rings. The van der Waals surface area contributed by atoms with E-state index in [1.54, 1.807) is 6.92 Å². The van der Waals surface area contributed by atoms with Gasteiger partial charge in [-0.25, -0.2) is 17.8 Å². The first-order chi connectivity index (χ1) is 12.8. The molecular weight excluding hydrogens is 400 g/mol. The molecular formula is C14H13ClN6O5S. The van der Waals surface area contributed by atoms with Crippen molar-refractivity contribution >= 4 is 33.2 Å². The Labute approximate surface area is 157 Å². The molecule has 142 valence electrons. The molecule has 0 fully saturated rings. The predicted molar refractivity (Wildman–Crippen MR) is 91.9 cm³/mol. The second kappa shape index (κ2) is 7.32. The quantitative estimate of drug-likeness (QED) is 0.580. The van der Waals surface area contributed by atoms with Crippen molar-refractivity contribution in [2.45, 2.75) is 17.6 Å². The lowest BCUT2D eigenvalue weighted by molar-refractivity contribution is 0.0518. The van der Waals surface area contributed by atoms with Gasteiger partial charge in [0.25, 0.3) is 0 Å². The van der Waals surface area contributed by atoms with Crippen molar-refractivity contribution in [3.05, 3.63) is 40.7 Å². The molecule has 1 aromatic carbocycles. The topological polar surface area (TPSA) is 156 Å². The first-order valence-electron chi connectivity index (χ1n) is 7.52. The lowest BCUT2D eigenvalue weighted by Crippen LogP contribution is -2.15. The van der Waals surface area contributed by atoms with Gasteiger partial charge < -0.3 is 10.5 Å². The molecule has 2 heterocycles. The molecule has 11 nitrogen and oxygen atoms in total. The summed E-state index contributed by atoms with van der Waals surface area (Å²) in [5.74, 6) is -1.71. The van der Waals surface area contributed by atoms with E-state index in [2.05, 4.69) is 25.3 Å². The van der Waals surface area contributed by atoms with Gasteiger partial charge in [-0.3, -0.25) is 0 Å². The van der Waals surface area contributed by atoms with E-state index in [9.17, 15) is 13.2 Å². The van der Waals surface area contributed by atoms with Gasteiger partial charge in [0.05, 0.1) is 22.9 Å². The smallest absolute Gasteiger partial charge is 0.360 e. The van der Waals surface area contributed by atoms with E-state index in [4.69, 9.17) is 22.1 Å². The third kappa shape index (κ3) is 3.75. The van der Waals surface area contributed by atoms with Crippen LogP contribution in [0.25, 0.3) is 5.82 Å². The number of anilines is 1. The average Bonchev–Trinajstić information content (AvgIpc) is 3.21. The summed E-state index contributed by atoms with van der Waals surface area (Å²) in [6.45, 7) is 1.68. The van der Waals surface area contributed by atoms with Gasteiger partial charge in [0.2, 0.25) is 11.6 Å². The van der Waals surface area contributed by atoms with E-state index in [0.29, 0.717) is 5.02 Å². The molecule has 27 heavy (non-hydrogen) atoms. The molecule has 0 spiro atoms. The number of ether oxygens (including phenoxy) is 1. The summed E-state index contributed by atoms with van der Waals surface area (Å²) < 4.78 is 36.0. The van der Waals surface area contributed by atoms with E-state index in [1.807, 2.05) is 0 Å². The zero-order chi connectivity index (χ0) is 19.6. The van der Waals surface area contributed by atoms with Crippen LogP contribution in [0.1, 0.15) is 23.1 Å². The van der Waals surface area contributed by atoms with Crippen molar-refractivity contribution in [2.75, 3.05) is 12.3 Å². The first kappa shape index (κ1) is 18.8. The van der Waals surface area contributed by atoms with E-state index in [-0.39, 0.29) is 34.5 Å². The molecule has 0 amide bonds. The number of rotatable bonds is 6. The Morgan fingerprint density at radius 3 is 2.59 bits per heavy atom. The van der Waals surface area contributed by atoms with Gasteiger partial charge in [0.15, 0.2) is 15.5 Å². The molecule has 3 rings (SSSR count). The number of carbonyl (C=O) groups excluding carboxylic acids is 1. The monoisotopic (exact) mass is 412 g/mol. The highest BCUT2D eigenvalue weighted by atomic mass is 35.5. The van der Waals surface area contributed by atoms with Crippen LogP contribution < -0.4 is 5.73 Å².